The minimum absolute atomic E-state index is 0.220. The van der Waals surface area contributed by atoms with Crippen molar-refractivity contribution in [1.29, 1.82) is 0 Å². The Kier molecular flexibility index (Phi) is 8.61. The van der Waals surface area contributed by atoms with Crippen LogP contribution in [-0.2, 0) is 14.4 Å². The van der Waals surface area contributed by atoms with Gasteiger partial charge in [-0.25, -0.2) is 9.69 Å². The second-order valence-electron chi connectivity index (χ2n) is 9.08. The Morgan fingerprint density at radius 1 is 1.05 bits per heavy atom. The summed E-state index contributed by atoms with van der Waals surface area (Å²) in [6.45, 7) is 5.37. The molecule has 40 heavy (non-hydrogen) atoms. The summed E-state index contributed by atoms with van der Waals surface area (Å²) in [5, 5.41) is 5.36. The molecular weight excluding hydrogens is 602 g/mol. The van der Waals surface area contributed by atoms with Crippen LogP contribution in [-0.4, -0.2) is 37.5 Å². The van der Waals surface area contributed by atoms with Crippen LogP contribution in [0.4, 0.5) is 16.2 Å². The molecule has 206 valence electrons. The highest BCUT2D eigenvalue weighted by molar-refractivity contribution is 9.10. The number of rotatable bonds is 7. The number of methoxy groups -OCH3 is 1. The summed E-state index contributed by atoms with van der Waals surface area (Å²) in [7, 11) is 1.42. The lowest BCUT2D eigenvalue weighted by molar-refractivity contribution is -0.122. The van der Waals surface area contributed by atoms with Gasteiger partial charge in [0.25, 0.3) is 17.7 Å². The highest BCUT2D eigenvalue weighted by atomic mass is 79.9. The summed E-state index contributed by atoms with van der Waals surface area (Å²) in [6.07, 6.45) is 1.33. The van der Waals surface area contributed by atoms with Crippen LogP contribution in [0.2, 0.25) is 5.02 Å². The molecule has 0 bridgehead atoms. The Morgan fingerprint density at radius 2 is 1.80 bits per heavy atom. The highest BCUT2D eigenvalue weighted by Crippen LogP contribution is 2.37. The van der Waals surface area contributed by atoms with Crippen LogP contribution in [0.1, 0.15) is 22.3 Å². The third kappa shape index (κ3) is 6.19. The molecule has 0 aromatic heterocycles. The van der Waals surface area contributed by atoms with E-state index in [1.807, 2.05) is 32.0 Å². The molecule has 0 spiro atoms. The second-order valence-corrected chi connectivity index (χ2v) is 10.3. The van der Waals surface area contributed by atoms with Gasteiger partial charge in [0.15, 0.2) is 18.1 Å². The van der Waals surface area contributed by atoms with Gasteiger partial charge in [-0.05, 0) is 89.8 Å². The predicted octanol–water partition coefficient (Wildman–Crippen LogP) is 5.72. The smallest absolute Gasteiger partial charge is 0.335 e. The topological polar surface area (TPSA) is 114 Å². The van der Waals surface area contributed by atoms with Gasteiger partial charge in [-0.2, -0.15) is 0 Å². The number of hydrogen-bond acceptors (Lipinski definition) is 6. The zero-order valence-electron chi connectivity index (χ0n) is 22.1. The van der Waals surface area contributed by atoms with Crippen LogP contribution in [0, 0.1) is 20.8 Å². The Hall–Kier alpha value is -4.15. The van der Waals surface area contributed by atoms with Gasteiger partial charge in [0.1, 0.15) is 5.57 Å². The normalized spacial score (nSPS) is 14.3. The van der Waals surface area contributed by atoms with Crippen LogP contribution >= 0.6 is 27.5 Å². The first-order valence-corrected chi connectivity index (χ1v) is 13.2. The molecule has 1 heterocycles. The van der Waals surface area contributed by atoms with Crippen molar-refractivity contribution in [2.45, 2.75) is 20.8 Å². The number of nitrogens with zero attached hydrogens (tertiary/aromatic N) is 1. The molecule has 3 aromatic rings. The van der Waals surface area contributed by atoms with E-state index in [0.717, 1.165) is 21.6 Å². The van der Waals surface area contributed by atoms with Gasteiger partial charge in [-0.1, -0.05) is 35.4 Å². The highest BCUT2D eigenvalue weighted by Gasteiger charge is 2.37. The summed E-state index contributed by atoms with van der Waals surface area (Å²) in [5.74, 6) is -1.51. The minimum Gasteiger partial charge on any atom is -0.493 e. The zero-order chi connectivity index (χ0) is 29.1. The average Bonchev–Trinajstić information content (AvgIpc) is 2.89. The number of imide groups is 2. The molecule has 11 heteroatoms. The van der Waals surface area contributed by atoms with Crippen LogP contribution in [0.25, 0.3) is 6.08 Å². The summed E-state index contributed by atoms with van der Waals surface area (Å²) < 4.78 is 11.6. The lowest BCUT2D eigenvalue weighted by Crippen LogP contribution is -2.54. The number of barbiturate groups is 1. The summed E-state index contributed by atoms with van der Waals surface area (Å²) in [5.41, 5.74) is 3.82. The SMILES string of the molecule is COc1cc(/C=C2\C(=O)NC(=O)N(c3ccc(C)c(Cl)c3)C2=O)cc(Br)c1OCC(=O)Nc1ccc(C)cc1C. The van der Waals surface area contributed by atoms with Crippen LogP contribution < -0.4 is 25.0 Å². The van der Waals surface area contributed by atoms with Crippen molar-refractivity contribution in [3.05, 3.63) is 85.9 Å². The number of amides is 5. The molecule has 9 nitrogen and oxygen atoms in total. The number of anilines is 2. The van der Waals surface area contributed by atoms with Crippen molar-refractivity contribution < 1.29 is 28.7 Å². The average molecular weight is 627 g/mol. The number of urea groups is 1. The van der Waals surface area contributed by atoms with Gasteiger partial charge >= 0.3 is 6.03 Å². The van der Waals surface area contributed by atoms with Gasteiger partial charge < -0.3 is 14.8 Å². The summed E-state index contributed by atoms with van der Waals surface area (Å²) in [6, 6.07) is 12.7. The molecule has 3 aromatic carbocycles. The Labute approximate surface area is 244 Å². The quantitative estimate of drug-likeness (QED) is 0.256. The van der Waals surface area contributed by atoms with Gasteiger partial charge in [0, 0.05) is 10.7 Å². The number of carbonyl (C=O) groups is 4. The molecular formula is C29H25BrClN3O6. The van der Waals surface area contributed by atoms with Crippen molar-refractivity contribution in [1.82, 2.24) is 5.32 Å². The molecule has 0 saturated carbocycles. The Balaban J connectivity index is 1.56. The molecule has 5 amide bonds. The molecule has 2 N–H and O–H groups in total. The van der Waals surface area contributed by atoms with Crippen molar-refractivity contribution in [2.75, 3.05) is 23.9 Å². The standard InChI is InChI=1S/C29H25BrClN3O6/c1-15-5-8-23(17(3)9-15)32-25(35)14-40-26-21(30)11-18(12-24(26)39-4)10-20-27(36)33-29(38)34(28(20)37)19-7-6-16(2)22(31)13-19/h5-13H,14H2,1-4H3,(H,32,35)(H,33,36,38)/b20-10+. The maximum atomic E-state index is 13.2. The number of ether oxygens (including phenoxy) is 2. The van der Waals surface area contributed by atoms with E-state index in [9.17, 15) is 19.2 Å². The number of benzene rings is 3. The van der Waals surface area contributed by atoms with E-state index >= 15 is 0 Å². The Morgan fingerprint density at radius 3 is 2.48 bits per heavy atom. The van der Waals surface area contributed by atoms with Crippen molar-refractivity contribution in [3.8, 4) is 11.5 Å². The predicted molar refractivity (Wildman–Crippen MR) is 156 cm³/mol. The van der Waals surface area contributed by atoms with Gasteiger partial charge in [-0.3, -0.25) is 19.7 Å². The molecule has 0 radical (unpaired) electrons. The molecule has 1 aliphatic rings. The van der Waals surface area contributed by atoms with Crippen LogP contribution in [0.3, 0.4) is 0 Å². The monoisotopic (exact) mass is 625 g/mol. The van der Waals surface area contributed by atoms with Gasteiger partial charge in [0.2, 0.25) is 0 Å². The van der Waals surface area contributed by atoms with Crippen molar-refractivity contribution in [3.63, 3.8) is 0 Å². The number of hydrogen-bond donors (Lipinski definition) is 2. The lowest BCUT2D eigenvalue weighted by Gasteiger charge is -2.26. The maximum absolute atomic E-state index is 13.2. The number of carbonyl (C=O) groups excluding carboxylic acids is 4. The minimum atomic E-state index is -0.881. The lowest BCUT2D eigenvalue weighted by atomic mass is 10.1. The number of halogens is 2. The summed E-state index contributed by atoms with van der Waals surface area (Å²) >= 11 is 9.59. The van der Waals surface area contributed by atoms with E-state index < -0.39 is 17.8 Å². The second kappa shape index (κ2) is 11.9. The first-order chi connectivity index (χ1) is 19.0. The number of nitrogens with one attached hydrogen (secondary N) is 2. The van der Waals surface area contributed by atoms with E-state index in [1.165, 1.54) is 19.3 Å². The first-order valence-electron chi connectivity index (χ1n) is 12.0. The Bertz CT molecular complexity index is 1590. The molecule has 0 unspecified atom stereocenters. The third-order valence-corrected chi connectivity index (χ3v) is 7.08. The fourth-order valence-corrected chi connectivity index (χ4v) is 4.77. The largest absolute Gasteiger partial charge is 0.493 e. The van der Waals surface area contributed by atoms with E-state index in [2.05, 4.69) is 26.6 Å². The fourth-order valence-electron chi connectivity index (χ4n) is 4.02. The van der Waals surface area contributed by atoms with Crippen LogP contribution in [0.15, 0.2) is 58.6 Å². The summed E-state index contributed by atoms with van der Waals surface area (Å²) in [4.78, 5) is 51.7. The van der Waals surface area contributed by atoms with E-state index in [4.69, 9.17) is 21.1 Å². The molecule has 4 rings (SSSR count). The maximum Gasteiger partial charge on any atom is 0.335 e. The third-order valence-electron chi connectivity index (χ3n) is 6.08. The number of aryl methyl sites for hydroxylation is 3. The zero-order valence-corrected chi connectivity index (χ0v) is 24.4. The van der Waals surface area contributed by atoms with E-state index in [0.29, 0.717) is 20.7 Å². The molecule has 1 fully saturated rings. The van der Waals surface area contributed by atoms with Crippen LogP contribution in [0.5, 0.6) is 11.5 Å². The molecule has 0 atom stereocenters. The van der Waals surface area contributed by atoms with E-state index in [1.54, 1.807) is 31.2 Å². The van der Waals surface area contributed by atoms with Gasteiger partial charge in [-0.15, -0.1) is 0 Å². The van der Waals surface area contributed by atoms with Crippen molar-refractivity contribution in [2.24, 2.45) is 0 Å². The first kappa shape index (κ1) is 28.8. The fraction of sp³-hybridized carbons (Fsp3) is 0.172. The molecule has 0 aliphatic carbocycles. The molecule has 1 saturated heterocycles. The molecule has 1 aliphatic heterocycles. The van der Waals surface area contributed by atoms with Crippen molar-refractivity contribution >= 4 is 68.7 Å². The van der Waals surface area contributed by atoms with E-state index in [-0.39, 0.29) is 35.3 Å². The van der Waals surface area contributed by atoms with Gasteiger partial charge in [0.05, 0.1) is 17.3 Å².